The fourth-order valence-electron chi connectivity index (χ4n) is 1.72. The number of halogens is 2. The number of nitrogens with zero attached hydrogens (tertiary/aromatic N) is 1. The van der Waals surface area contributed by atoms with Gasteiger partial charge in [-0.25, -0.2) is 12.8 Å². The number of anilines is 1. The van der Waals surface area contributed by atoms with Crippen molar-refractivity contribution in [2.45, 2.75) is 18.7 Å². The highest BCUT2D eigenvalue weighted by atomic mass is 35.5. The standard InChI is InChI=1S/C11H11ClFN3O2S/c1-6-11(7(2)15-14-6)19(17,18)16-9-5-3-4-8(12)10(9)13/h3-5,16H,1-2H3,(H,14,15). The van der Waals surface area contributed by atoms with Crippen molar-refractivity contribution in [1.82, 2.24) is 10.2 Å². The topological polar surface area (TPSA) is 74.8 Å². The largest absolute Gasteiger partial charge is 0.281 e. The second-order valence-corrected chi connectivity index (χ2v) is 6.00. The predicted molar refractivity (Wildman–Crippen MR) is 70.3 cm³/mol. The molecule has 2 aromatic rings. The molecule has 102 valence electrons. The summed E-state index contributed by atoms with van der Waals surface area (Å²) in [5, 5.41) is 6.21. The number of hydrogen-bond donors (Lipinski definition) is 2. The Balaban J connectivity index is 2.46. The molecule has 0 aliphatic heterocycles. The number of aromatic amines is 1. The number of sulfonamides is 1. The summed E-state index contributed by atoms with van der Waals surface area (Å²) in [6.45, 7) is 3.12. The van der Waals surface area contributed by atoms with E-state index in [9.17, 15) is 12.8 Å². The summed E-state index contributed by atoms with van der Waals surface area (Å²) in [7, 11) is -3.91. The molecule has 1 aromatic heterocycles. The van der Waals surface area contributed by atoms with Crippen molar-refractivity contribution in [3.8, 4) is 0 Å². The van der Waals surface area contributed by atoms with Gasteiger partial charge in [0.1, 0.15) is 4.90 Å². The molecule has 0 amide bonds. The summed E-state index contributed by atoms with van der Waals surface area (Å²) in [5.41, 5.74) is 0.493. The van der Waals surface area contributed by atoms with Gasteiger partial charge in [0, 0.05) is 0 Å². The molecule has 8 heteroatoms. The van der Waals surface area contributed by atoms with Crippen LogP contribution < -0.4 is 4.72 Å². The maximum Gasteiger partial charge on any atom is 0.265 e. The van der Waals surface area contributed by atoms with E-state index < -0.39 is 15.8 Å². The Morgan fingerprint density at radius 1 is 1.37 bits per heavy atom. The lowest BCUT2D eigenvalue weighted by Crippen LogP contribution is -2.15. The van der Waals surface area contributed by atoms with Crippen LogP contribution in [0.4, 0.5) is 10.1 Å². The maximum absolute atomic E-state index is 13.7. The normalized spacial score (nSPS) is 11.6. The van der Waals surface area contributed by atoms with Gasteiger partial charge in [-0.05, 0) is 26.0 Å². The van der Waals surface area contributed by atoms with E-state index in [0.29, 0.717) is 11.4 Å². The van der Waals surface area contributed by atoms with Gasteiger partial charge in [0.05, 0.1) is 22.1 Å². The Kier molecular flexibility index (Phi) is 3.51. The van der Waals surface area contributed by atoms with Crippen LogP contribution in [0.2, 0.25) is 5.02 Å². The van der Waals surface area contributed by atoms with Crippen LogP contribution in [0.3, 0.4) is 0 Å². The number of rotatable bonds is 3. The summed E-state index contributed by atoms with van der Waals surface area (Å²) in [6.07, 6.45) is 0. The number of H-pyrrole nitrogens is 1. The minimum Gasteiger partial charge on any atom is -0.281 e. The lowest BCUT2D eigenvalue weighted by molar-refractivity contribution is 0.597. The van der Waals surface area contributed by atoms with E-state index in [1.54, 1.807) is 13.8 Å². The minimum absolute atomic E-state index is 0.00637. The zero-order chi connectivity index (χ0) is 14.2. The van der Waals surface area contributed by atoms with Crippen LogP contribution in [0, 0.1) is 19.7 Å². The molecule has 0 fully saturated rings. The molecule has 0 aliphatic carbocycles. The molecule has 0 aliphatic rings. The van der Waals surface area contributed by atoms with Gasteiger partial charge in [-0.15, -0.1) is 0 Å². The van der Waals surface area contributed by atoms with Crippen LogP contribution in [0.15, 0.2) is 23.1 Å². The van der Waals surface area contributed by atoms with Gasteiger partial charge in [0.25, 0.3) is 10.0 Å². The summed E-state index contributed by atoms with van der Waals surface area (Å²) >= 11 is 5.60. The first-order valence-corrected chi connectivity index (χ1v) is 7.17. The van der Waals surface area contributed by atoms with E-state index in [-0.39, 0.29) is 15.6 Å². The Morgan fingerprint density at radius 2 is 2.05 bits per heavy atom. The number of hydrogen-bond acceptors (Lipinski definition) is 3. The first-order chi connectivity index (χ1) is 8.83. The molecule has 5 nitrogen and oxygen atoms in total. The molecule has 1 heterocycles. The number of aryl methyl sites for hydroxylation is 2. The van der Waals surface area contributed by atoms with E-state index in [1.807, 2.05) is 0 Å². The van der Waals surface area contributed by atoms with Gasteiger partial charge in [-0.3, -0.25) is 9.82 Å². The van der Waals surface area contributed by atoms with Gasteiger partial charge in [-0.1, -0.05) is 17.7 Å². The zero-order valence-electron chi connectivity index (χ0n) is 10.2. The highest BCUT2D eigenvalue weighted by Crippen LogP contribution is 2.26. The van der Waals surface area contributed by atoms with E-state index in [0.717, 1.165) is 0 Å². The zero-order valence-corrected chi connectivity index (χ0v) is 11.7. The van der Waals surface area contributed by atoms with Gasteiger partial charge < -0.3 is 0 Å². The maximum atomic E-state index is 13.7. The van der Waals surface area contributed by atoms with Crippen LogP contribution in [-0.2, 0) is 10.0 Å². The van der Waals surface area contributed by atoms with Crippen molar-refractivity contribution < 1.29 is 12.8 Å². The summed E-state index contributed by atoms with van der Waals surface area (Å²) in [5.74, 6) is -0.813. The Hall–Kier alpha value is -1.60. The van der Waals surface area contributed by atoms with E-state index in [4.69, 9.17) is 11.6 Å². The molecular formula is C11H11ClFN3O2S. The highest BCUT2D eigenvalue weighted by molar-refractivity contribution is 7.92. The average Bonchev–Trinajstić information content (AvgIpc) is 2.65. The molecule has 2 N–H and O–H groups in total. The first kappa shape index (κ1) is 13.8. The predicted octanol–water partition coefficient (Wildman–Crippen LogP) is 2.62. The number of aromatic nitrogens is 2. The molecule has 19 heavy (non-hydrogen) atoms. The van der Waals surface area contributed by atoms with E-state index in [1.165, 1.54) is 18.2 Å². The highest BCUT2D eigenvalue weighted by Gasteiger charge is 2.23. The van der Waals surface area contributed by atoms with Gasteiger partial charge >= 0.3 is 0 Å². The average molecular weight is 304 g/mol. The minimum atomic E-state index is -3.91. The molecule has 0 atom stereocenters. The Morgan fingerprint density at radius 3 is 2.63 bits per heavy atom. The lowest BCUT2D eigenvalue weighted by atomic mass is 10.3. The second kappa shape index (κ2) is 4.82. The van der Waals surface area contributed by atoms with Crippen molar-refractivity contribution in [2.24, 2.45) is 0 Å². The quantitative estimate of drug-likeness (QED) is 0.915. The van der Waals surface area contributed by atoms with Crippen molar-refractivity contribution in [3.05, 3.63) is 40.4 Å². The Bertz CT molecular complexity index is 708. The fraction of sp³-hybridized carbons (Fsp3) is 0.182. The third-order valence-corrected chi connectivity index (χ3v) is 4.44. The van der Waals surface area contributed by atoms with Crippen molar-refractivity contribution in [2.75, 3.05) is 4.72 Å². The third-order valence-electron chi connectivity index (χ3n) is 2.53. The van der Waals surface area contributed by atoms with Crippen molar-refractivity contribution in [3.63, 3.8) is 0 Å². The van der Waals surface area contributed by atoms with Crippen LogP contribution in [0.25, 0.3) is 0 Å². The van der Waals surface area contributed by atoms with E-state index in [2.05, 4.69) is 14.9 Å². The molecule has 0 radical (unpaired) electrons. The van der Waals surface area contributed by atoms with Crippen molar-refractivity contribution >= 4 is 27.3 Å². The van der Waals surface area contributed by atoms with Crippen LogP contribution in [-0.4, -0.2) is 18.6 Å². The molecule has 0 saturated heterocycles. The monoisotopic (exact) mass is 303 g/mol. The van der Waals surface area contributed by atoms with Gasteiger partial charge in [-0.2, -0.15) is 5.10 Å². The summed E-state index contributed by atoms with van der Waals surface area (Å²) in [6, 6.07) is 4.09. The molecule has 1 aromatic carbocycles. The first-order valence-electron chi connectivity index (χ1n) is 5.31. The SMILES string of the molecule is Cc1n[nH]c(C)c1S(=O)(=O)Nc1cccc(Cl)c1F. The molecule has 0 bridgehead atoms. The number of benzene rings is 1. The lowest BCUT2D eigenvalue weighted by Gasteiger charge is -2.09. The third kappa shape index (κ3) is 2.57. The van der Waals surface area contributed by atoms with Crippen LogP contribution >= 0.6 is 11.6 Å². The molecule has 0 saturated carbocycles. The summed E-state index contributed by atoms with van der Waals surface area (Å²) < 4.78 is 40.2. The van der Waals surface area contributed by atoms with Crippen LogP contribution in [0.5, 0.6) is 0 Å². The molecule has 0 unspecified atom stereocenters. The summed E-state index contributed by atoms with van der Waals surface area (Å²) in [4.78, 5) is 0.00637. The number of nitrogens with one attached hydrogen (secondary N) is 2. The molecule has 2 rings (SSSR count). The molecule has 0 spiro atoms. The smallest absolute Gasteiger partial charge is 0.265 e. The second-order valence-electron chi connectivity index (χ2n) is 3.97. The fourth-order valence-corrected chi connectivity index (χ4v) is 3.32. The Labute approximate surface area is 114 Å². The van der Waals surface area contributed by atoms with Crippen LogP contribution in [0.1, 0.15) is 11.4 Å². The van der Waals surface area contributed by atoms with Gasteiger partial charge in [0.15, 0.2) is 5.82 Å². The molecular weight excluding hydrogens is 293 g/mol. The van der Waals surface area contributed by atoms with Crippen molar-refractivity contribution in [1.29, 1.82) is 0 Å². The van der Waals surface area contributed by atoms with Gasteiger partial charge in [0.2, 0.25) is 0 Å². The van der Waals surface area contributed by atoms with E-state index >= 15 is 0 Å².